The Bertz CT molecular complexity index is 945. The van der Waals surface area contributed by atoms with Gasteiger partial charge in [-0.05, 0) is 23.3 Å². The van der Waals surface area contributed by atoms with Gasteiger partial charge in [-0.15, -0.1) is 0 Å². The lowest BCUT2D eigenvalue weighted by atomic mass is 9.93. The highest BCUT2D eigenvalue weighted by molar-refractivity contribution is 5.94. The van der Waals surface area contributed by atoms with Crippen LogP contribution in [0.5, 0.6) is 0 Å². The summed E-state index contributed by atoms with van der Waals surface area (Å²) in [6.07, 6.45) is 0. The van der Waals surface area contributed by atoms with Crippen molar-refractivity contribution in [1.82, 2.24) is 10.2 Å². The number of likely N-dealkylation sites (tertiary alicyclic amines) is 1. The maximum atomic E-state index is 12.4. The number of rotatable bonds is 6. The highest BCUT2D eigenvalue weighted by Crippen LogP contribution is 2.32. The fourth-order valence-corrected chi connectivity index (χ4v) is 3.70. The van der Waals surface area contributed by atoms with Crippen molar-refractivity contribution in [1.29, 1.82) is 0 Å². The van der Waals surface area contributed by atoms with E-state index in [0.717, 1.165) is 13.1 Å². The van der Waals surface area contributed by atoms with Gasteiger partial charge in [0.25, 0.3) is 11.6 Å². The molecule has 3 aromatic carbocycles. The second-order valence-electron chi connectivity index (χ2n) is 7.15. The molecule has 1 aliphatic heterocycles. The van der Waals surface area contributed by atoms with Crippen LogP contribution in [0, 0.1) is 10.1 Å². The van der Waals surface area contributed by atoms with E-state index >= 15 is 0 Å². The number of nitrogens with one attached hydrogen (secondary N) is 1. The number of nitro groups is 1. The smallest absolute Gasteiger partial charge is 0.269 e. The van der Waals surface area contributed by atoms with E-state index in [-0.39, 0.29) is 23.7 Å². The van der Waals surface area contributed by atoms with Gasteiger partial charge in [-0.25, -0.2) is 0 Å². The van der Waals surface area contributed by atoms with Crippen LogP contribution in [0.1, 0.15) is 27.5 Å². The summed E-state index contributed by atoms with van der Waals surface area (Å²) < 4.78 is 0. The van der Waals surface area contributed by atoms with Crippen molar-refractivity contribution in [3.05, 3.63) is 112 Å². The molecule has 0 saturated carbocycles. The molecule has 146 valence electrons. The second kappa shape index (κ2) is 8.24. The number of hydrogen-bond donors (Lipinski definition) is 1. The number of carbonyl (C=O) groups excluding carboxylic acids is 1. The normalized spacial score (nSPS) is 14.4. The van der Waals surface area contributed by atoms with Gasteiger partial charge in [-0.2, -0.15) is 0 Å². The maximum absolute atomic E-state index is 12.4. The van der Waals surface area contributed by atoms with Crippen molar-refractivity contribution in [2.24, 2.45) is 0 Å². The zero-order valence-corrected chi connectivity index (χ0v) is 15.8. The summed E-state index contributed by atoms with van der Waals surface area (Å²) in [6, 6.07) is 26.5. The third-order valence-corrected chi connectivity index (χ3v) is 5.18. The van der Waals surface area contributed by atoms with E-state index < -0.39 is 4.92 Å². The Morgan fingerprint density at radius 1 is 0.897 bits per heavy atom. The van der Waals surface area contributed by atoms with E-state index in [0.29, 0.717) is 5.56 Å². The third kappa shape index (κ3) is 4.17. The molecule has 1 saturated heterocycles. The van der Waals surface area contributed by atoms with Crippen molar-refractivity contribution in [2.45, 2.75) is 12.1 Å². The van der Waals surface area contributed by atoms with Gasteiger partial charge >= 0.3 is 0 Å². The second-order valence-corrected chi connectivity index (χ2v) is 7.15. The molecule has 29 heavy (non-hydrogen) atoms. The van der Waals surface area contributed by atoms with Crippen molar-refractivity contribution in [3.8, 4) is 0 Å². The van der Waals surface area contributed by atoms with Gasteiger partial charge in [0.15, 0.2) is 0 Å². The van der Waals surface area contributed by atoms with Gasteiger partial charge < -0.3 is 5.32 Å². The van der Waals surface area contributed by atoms with Gasteiger partial charge in [-0.3, -0.25) is 19.8 Å². The van der Waals surface area contributed by atoms with Crippen LogP contribution in [0.25, 0.3) is 0 Å². The van der Waals surface area contributed by atoms with Gasteiger partial charge in [0.1, 0.15) is 0 Å². The Morgan fingerprint density at radius 3 is 1.90 bits per heavy atom. The Kier molecular flexibility index (Phi) is 5.35. The lowest BCUT2D eigenvalue weighted by Crippen LogP contribution is -2.60. The minimum Gasteiger partial charge on any atom is -0.347 e. The fraction of sp³-hybridized carbons (Fsp3) is 0.174. The number of nitro benzene ring substituents is 1. The fourth-order valence-electron chi connectivity index (χ4n) is 3.70. The van der Waals surface area contributed by atoms with E-state index in [1.54, 1.807) is 0 Å². The molecule has 1 aliphatic rings. The molecule has 1 fully saturated rings. The lowest BCUT2D eigenvalue weighted by Gasteiger charge is -2.45. The summed E-state index contributed by atoms with van der Waals surface area (Å²) in [5.74, 6) is -0.208. The first kappa shape index (κ1) is 18.8. The maximum Gasteiger partial charge on any atom is 0.269 e. The Labute approximate surface area is 168 Å². The molecule has 0 aliphatic carbocycles. The highest BCUT2D eigenvalue weighted by Gasteiger charge is 2.34. The molecule has 6 nitrogen and oxygen atoms in total. The van der Waals surface area contributed by atoms with Crippen molar-refractivity contribution in [2.75, 3.05) is 13.1 Å². The molecule has 0 radical (unpaired) electrons. The first-order valence-electron chi connectivity index (χ1n) is 9.51. The zero-order valence-electron chi connectivity index (χ0n) is 15.8. The van der Waals surface area contributed by atoms with Gasteiger partial charge in [-0.1, -0.05) is 60.7 Å². The summed E-state index contributed by atoms with van der Waals surface area (Å²) in [5, 5.41) is 13.8. The predicted molar refractivity (Wildman–Crippen MR) is 111 cm³/mol. The Balaban J connectivity index is 1.42. The Morgan fingerprint density at radius 2 is 1.41 bits per heavy atom. The number of benzene rings is 3. The number of carbonyl (C=O) groups is 1. The molecule has 1 N–H and O–H groups in total. The van der Waals surface area contributed by atoms with Gasteiger partial charge in [0, 0.05) is 30.8 Å². The SMILES string of the molecule is O=C(NC1CN(C(c2ccccc2)c2ccccc2)C1)c1ccc([N+](=O)[O-])cc1. The van der Waals surface area contributed by atoms with Crippen molar-refractivity contribution >= 4 is 11.6 Å². The third-order valence-electron chi connectivity index (χ3n) is 5.18. The van der Waals surface area contributed by atoms with E-state index in [2.05, 4.69) is 34.5 Å². The quantitative estimate of drug-likeness (QED) is 0.516. The van der Waals surface area contributed by atoms with E-state index in [1.165, 1.54) is 35.4 Å². The molecule has 0 unspecified atom stereocenters. The van der Waals surface area contributed by atoms with Crippen molar-refractivity contribution < 1.29 is 9.72 Å². The summed E-state index contributed by atoms with van der Waals surface area (Å²) in [4.78, 5) is 25.1. The first-order chi connectivity index (χ1) is 14.1. The highest BCUT2D eigenvalue weighted by atomic mass is 16.6. The topological polar surface area (TPSA) is 75.5 Å². The van der Waals surface area contributed by atoms with Crippen LogP contribution in [-0.2, 0) is 0 Å². The predicted octanol–water partition coefficient (Wildman–Crippen LogP) is 3.80. The van der Waals surface area contributed by atoms with E-state index in [9.17, 15) is 14.9 Å². The van der Waals surface area contributed by atoms with Crippen LogP contribution in [0.3, 0.4) is 0 Å². The van der Waals surface area contributed by atoms with E-state index in [1.807, 2.05) is 36.4 Å². The molecule has 0 spiro atoms. The molecular formula is C23H21N3O3. The number of amides is 1. The van der Waals surface area contributed by atoms with E-state index in [4.69, 9.17) is 0 Å². The minimum absolute atomic E-state index is 0.0232. The molecule has 1 amide bonds. The molecule has 3 aromatic rings. The summed E-state index contributed by atoms with van der Waals surface area (Å²) in [7, 11) is 0. The largest absolute Gasteiger partial charge is 0.347 e. The molecule has 4 rings (SSSR count). The number of nitrogens with zero attached hydrogens (tertiary/aromatic N) is 2. The van der Waals surface area contributed by atoms with Crippen molar-refractivity contribution in [3.63, 3.8) is 0 Å². The monoisotopic (exact) mass is 387 g/mol. The average molecular weight is 387 g/mol. The van der Waals surface area contributed by atoms with Gasteiger partial charge in [0.2, 0.25) is 0 Å². The molecule has 0 aromatic heterocycles. The summed E-state index contributed by atoms with van der Waals surface area (Å²) >= 11 is 0. The van der Waals surface area contributed by atoms with Crippen LogP contribution < -0.4 is 5.32 Å². The first-order valence-corrected chi connectivity index (χ1v) is 9.51. The van der Waals surface area contributed by atoms with Crippen LogP contribution in [0.4, 0.5) is 5.69 Å². The molecular weight excluding hydrogens is 366 g/mol. The van der Waals surface area contributed by atoms with Gasteiger partial charge in [0.05, 0.1) is 17.0 Å². The number of hydrogen-bond acceptors (Lipinski definition) is 4. The molecule has 0 bridgehead atoms. The standard InChI is InChI=1S/C23H21N3O3/c27-23(19-11-13-21(14-12-19)26(28)29)24-20-15-25(16-20)22(17-7-3-1-4-8-17)18-9-5-2-6-10-18/h1-14,20,22H,15-16H2,(H,24,27). The van der Waals surface area contributed by atoms with Crippen LogP contribution in [0.2, 0.25) is 0 Å². The van der Waals surface area contributed by atoms with Crippen LogP contribution >= 0.6 is 0 Å². The summed E-state index contributed by atoms with van der Waals surface area (Å²) in [6.45, 7) is 1.49. The average Bonchev–Trinajstić information content (AvgIpc) is 2.73. The molecule has 6 heteroatoms. The minimum atomic E-state index is -0.473. The van der Waals surface area contributed by atoms with Crippen LogP contribution in [0.15, 0.2) is 84.9 Å². The Hall–Kier alpha value is -3.51. The molecule has 1 heterocycles. The summed E-state index contributed by atoms with van der Waals surface area (Å²) in [5.41, 5.74) is 2.85. The zero-order chi connectivity index (χ0) is 20.2. The molecule has 0 atom stereocenters. The lowest BCUT2D eigenvalue weighted by molar-refractivity contribution is -0.384. The van der Waals surface area contributed by atoms with Crippen LogP contribution in [-0.4, -0.2) is 34.9 Å². The number of non-ortho nitro benzene ring substituents is 1.